The maximum absolute atomic E-state index is 12.6. The van der Waals surface area contributed by atoms with Gasteiger partial charge in [-0.15, -0.1) is 0 Å². The lowest BCUT2D eigenvalue weighted by Crippen LogP contribution is -2.57. The number of amides is 1. The minimum Gasteiger partial charge on any atom is -0.341 e. The Kier molecular flexibility index (Phi) is 3.48. The minimum absolute atomic E-state index is 0.209. The number of carbonyl (C=O) groups excluding carboxylic acids is 1. The molecule has 3 heteroatoms. The van der Waals surface area contributed by atoms with Gasteiger partial charge in [0.1, 0.15) is 0 Å². The molecule has 1 heterocycles. The van der Waals surface area contributed by atoms with Crippen molar-refractivity contribution in [3.8, 4) is 0 Å². The highest BCUT2D eigenvalue weighted by atomic mass is 16.2. The SMILES string of the molecule is CC1CCCC(N)(C(=O)N2CC(C)C(C)C2)C1. The highest BCUT2D eigenvalue weighted by Gasteiger charge is 2.43. The maximum Gasteiger partial charge on any atom is 0.242 e. The van der Waals surface area contributed by atoms with Gasteiger partial charge in [-0.3, -0.25) is 4.79 Å². The number of hydrogen-bond acceptors (Lipinski definition) is 2. The predicted molar refractivity (Wildman–Crippen MR) is 69.5 cm³/mol. The third kappa shape index (κ3) is 2.49. The van der Waals surface area contributed by atoms with Gasteiger partial charge in [0.2, 0.25) is 5.91 Å². The Labute approximate surface area is 105 Å². The summed E-state index contributed by atoms with van der Waals surface area (Å²) in [5.74, 6) is 2.03. The first-order valence-electron chi connectivity index (χ1n) is 7.00. The molecule has 2 rings (SSSR count). The van der Waals surface area contributed by atoms with Crippen molar-refractivity contribution in [1.82, 2.24) is 4.90 Å². The Hall–Kier alpha value is -0.570. The summed E-state index contributed by atoms with van der Waals surface area (Å²) in [6, 6.07) is 0. The fourth-order valence-electron chi connectivity index (χ4n) is 3.40. The molecule has 1 amide bonds. The first kappa shape index (κ1) is 12.9. The lowest BCUT2D eigenvalue weighted by Gasteiger charge is -2.38. The van der Waals surface area contributed by atoms with E-state index in [1.165, 1.54) is 6.42 Å². The van der Waals surface area contributed by atoms with Crippen LogP contribution in [0, 0.1) is 17.8 Å². The number of likely N-dealkylation sites (tertiary alicyclic amines) is 1. The molecule has 1 aliphatic carbocycles. The van der Waals surface area contributed by atoms with Crippen LogP contribution in [-0.4, -0.2) is 29.4 Å². The highest BCUT2D eigenvalue weighted by Crippen LogP contribution is 2.33. The number of rotatable bonds is 1. The van der Waals surface area contributed by atoms with Crippen LogP contribution in [0.25, 0.3) is 0 Å². The van der Waals surface area contributed by atoms with Crippen molar-refractivity contribution < 1.29 is 4.79 Å². The molecule has 1 aliphatic heterocycles. The van der Waals surface area contributed by atoms with E-state index in [-0.39, 0.29) is 5.91 Å². The standard InChI is InChI=1S/C14H26N2O/c1-10-5-4-6-14(15,7-10)13(17)16-8-11(2)12(3)9-16/h10-12H,4-9,15H2,1-3H3. The van der Waals surface area contributed by atoms with Crippen LogP contribution in [-0.2, 0) is 4.79 Å². The largest absolute Gasteiger partial charge is 0.341 e. The molecule has 1 saturated carbocycles. The predicted octanol–water partition coefficient (Wildman–Crippen LogP) is 2.01. The van der Waals surface area contributed by atoms with E-state index in [9.17, 15) is 4.79 Å². The van der Waals surface area contributed by atoms with Gasteiger partial charge in [-0.25, -0.2) is 0 Å². The fraction of sp³-hybridized carbons (Fsp3) is 0.929. The summed E-state index contributed by atoms with van der Waals surface area (Å²) >= 11 is 0. The highest BCUT2D eigenvalue weighted by molar-refractivity contribution is 5.86. The molecule has 0 radical (unpaired) electrons. The second-order valence-corrected chi connectivity index (χ2v) is 6.52. The molecule has 2 N–H and O–H groups in total. The Morgan fingerprint density at radius 2 is 1.82 bits per heavy atom. The molecule has 98 valence electrons. The van der Waals surface area contributed by atoms with Crippen LogP contribution in [0.1, 0.15) is 46.5 Å². The van der Waals surface area contributed by atoms with E-state index in [0.29, 0.717) is 17.8 Å². The van der Waals surface area contributed by atoms with Crippen molar-refractivity contribution in [2.24, 2.45) is 23.5 Å². The van der Waals surface area contributed by atoms with Crippen LogP contribution in [0.4, 0.5) is 0 Å². The molecule has 0 aromatic heterocycles. The summed E-state index contributed by atoms with van der Waals surface area (Å²) in [5.41, 5.74) is 5.80. The van der Waals surface area contributed by atoms with Crippen molar-refractivity contribution in [3.05, 3.63) is 0 Å². The Balaban J connectivity index is 2.04. The second-order valence-electron chi connectivity index (χ2n) is 6.52. The zero-order valence-electron chi connectivity index (χ0n) is 11.4. The van der Waals surface area contributed by atoms with Crippen LogP contribution in [0.2, 0.25) is 0 Å². The number of carbonyl (C=O) groups is 1. The normalized spacial score (nSPS) is 42.8. The summed E-state index contributed by atoms with van der Waals surface area (Å²) < 4.78 is 0. The molecule has 1 saturated heterocycles. The Bertz CT molecular complexity index is 295. The van der Waals surface area contributed by atoms with Crippen molar-refractivity contribution >= 4 is 5.91 Å². The summed E-state index contributed by atoms with van der Waals surface area (Å²) in [5, 5.41) is 0. The number of hydrogen-bond donors (Lipinski definition) is 1. The third-order valence-corrected chi connectivity index (χ3v) is 4.73. The lowest BCUT2D eigenvalue weighted by atomic mass is 9.76. The maximum atomic E-state index is 12.6. The van der Waals surface area contributed by atoms with E-state index >= 15 is 0 Å². The Morgan fingerprint density at radius 1 is 1.24 bits per heavy atom. The van der Waals surface area contributed by atoms with Crippen molar-refractivity contribution in [2.45, 2.75) is 52.0 Å². The molecule has 2 aliphatic rings. The van der Waals surface area contributed by atoms with E-state index in [0.717, 1.165) is 32.4 Å². The fourth-order valence-corrected chi connectivity index (χ4v) is 3.40. The molecule has 17 heavy (non-hydrogen) atoms. The van der Waals surface area contributed by atoms with E-state index < -0.39 is 5.54 Å². The van der Waals surface area contributed by atoms with Gasteiger partial charge in [-0.2, -0.15) is 0 Å². The van der Waals surface area contributed by atoms with Crippen molar-refractivity contribution in [1.29, 1.82) is 0 Å². The van der Waals surface area contributed by atoms with E-state index in [4.69, 9.17) is 5.73 Å². The summed E-state index contributed by atoms with van der Waals surface area (Å²) in [4.78, 5) is 14.6. The van der Waals surface area contributed by atoms with Gasteiger partial charge in [0.05, 0.1) is 5.54 Å². The van der Waals surface area contributed by atoms with Gasteiger partial charge in [0.15, 0.2) is 0 Å². The summed E-state index contributed by atoms with van der Waals surface area (Å²) in [6.45, 7) is 8.46. The quantitative estimate of drug-likeness (QED) is 0.759. The van der Waals surface area contributed by atoms with E-state index in [1.807, 2.05) is 4.90 Å². The van der Waals surface area contributed by atoms with Gasteiger partial charge in [0, 0.05) is 13.1 Å². The van der Waals surface area contributed by atoms with Gasteiger partial charge >= 0.3 is 0 Å². The zero-order valence-corrected chi connectivity index (χ0v) is 11.4. The van der Waals surface area contributed by atoms with Crippen molar-refractivity contribution in [2.75, 3.05) is 13.1 Å². The molecule has 3 nitrogen and oxygen atoms in total. The van der Waals surface area contributed by atoms with Crippen LogP contribution < -0.4 is 5.73 Å². The minimum atomic E-state index is -0.568. The smallest absolute Gasteiger partial charge is 0.242 e. The van der Waals surface area contributed by atoms with Crippen LogP contribution >= 0.6 is 0 Å². The van der Waals surface area contributed by atoms with Gasteiger partial charge in [0.25, 0.3) is 0 Å². The zero-order chi connectivity index (χ0) is 12.6. The molecule has 0 aromatic carbocycles. The molecule has 2 fully saturated rings. The van der Waals surface area contributed by atoms with E-state index in [2.05, 4.69) is 20.8 Å². The summed E-state index contributed by atoms with van der Waals surface area (Å²) in [6.07, 6.45) is 4.06. The average Bonchev–Trinajstić information content (AvgIpc) is 2.58. The second kappa shape index (κ2) is 4.60. The number of nitrogens with zero attached hydrogens (tertiary/aromatic N) is 1. The first-order chi connectivity index (χ1) is 7.92. The van der Waals surface area contributed by atoms with Gasteiger partial charge in [-0.1, -0.05) is 33.6 Å². The van der Waals surface area contributed by atoms with Crippen LogP contribution in [0.5, 0.6) is 0 Å². The summed E-state index contributed by atoms with van der Waals surface area (Å²) in [7, 11) is 0. The lowest BCUT2D eigenvalue weighted by molar-refractivity contribution is -0.138. The molecule has 4 unspecified atom stereocenters. The molecule has 0 bridgehead atoms. The van der Waals surface area contributed by atoms with Crippen LogP contribution in [0.15, 0.2) is 0 Å². The number of nitrogens with two attached hydrogens (primary N) is 1. The molecule has 0 spiro atoms. The van der Waals surface area contributed by atoms with Crippen LogP contribution in [0.3, 0.4) is 0 Å². The molecule has 0 aromatic rings. The topological polar surface area (TPSA) is 46.3 Å². The molecular formula is C14H26N2O. The van der Waals surface area contributed by atoms with Gasteiger partial charge in [-0.05, 0) is 30.6 Å². The monoisotopic (exact) mass is 238 g/mol. The molecule has 4 atom stereocenters. The third-order valence-electron chi connectivity index (χ3n) is 4.73. The van der Waals surface area contributed by atoms with Gasteiger partial charge < -0.3 is 10.6 Å². The molecular weight excluding hydrogens is 212 g/mol. The van der Waals surface area contributed by atoms with E-state index in [1.54, 1.807) is 0 Å². The Morgan fingerprint density at radius 3 is 2.35 bits per heavy atom. The first-order valence-corrected chi connectivity index (χ1v) is 7.00. The van der Waals surface area contributed by atoms with Crippen molar-refractivity contribution in [3.63, 3.8) is 0 Å². The average molecular weight is 238 g/mol.